The SMILES string of the molecule is CC(C(=O)N1c2ccccc2CCc2ccc(Cl)cc21)N1CCN(c2cccc3sccc23)CC1.O=C(O)C(=O)O. The van der Waals surface area contributed by atoms with Crippen molar-refractivity contribution in [2.24, 2.45) is 0 Å². The zero-order valence-corrected chi connectivity index (χ0v) is 24.1. The molecule has 0 spiro atoms. The lowest BCUT2D eigenvalue weighted by Gasteiger charge is -2.40. The number of anilines is 3. The summed E-state index contributed by atoms with van der Waals surface area (Å²) in [5, 5.41) is 18.9. The van der Waals surface area contributed by atoms with Crippen molar-refractivity contribution in [3.8, 4) is 0 Å². The zero-order chi connectivity index (χ0) is 29.1. The fraction of sp³-hybridized carbons (Fsp3) is 0.258. The molecule has 212 valence electrons. The molecule has 0 bridgehead atoms. The molecule has 1 atom stereocenters. The highest BCUT2D eigenvalue weighted by molar-refractivity contribution is 7.17. The minimum atomic E-state index is -1.82. The number of benzene rings is 3. The molecule has 0 aliphatic carbocycles. The predicted molar refractivity (Wildman–Crippen MR) is 163 cm³/mol. The fourth-order valence-electron chi connectivity index (χ4n) is 5.48. The van der Waals surface area contributed by atoms with Gasteiger partial charge in [-0.05, 0) is 72.7 Å². The first-order valence-corrected chi connectivity index (χ1v) is 14.6. The van der Waals surface area contributed by atoms with Gasteiger partial charge in [0.25, 0.3) is 0 Å². The number of carbonyl (C=O) groups excluding carboxylic acids is 1. The second kappa shape index (κ2) is 12.3. The van der Waals surface area contributed by atoms with Gasteiger partial charge < -0.3 is 15.1 Å². The molecule has 1 unspecified atom stereocenters. The molecule has 2 N–H and O–H groups in total. The molecule has 4 aromatic rings. The number of fused-ring (bicyclic) bond motifs is 3. The lowest BCUT2D eigenvalue weighted by Crippen LogP contribution is -2.54. The number of para-hydroxylation sites is 1. The maximum absolute atomic E-state index is 14.1. The van der Waals surface area contributed by atoms with Gasteiger partial charge in [-0.1, -0.05) is 41.9 Å². The minimum Gasteiger partial charge on any atom is -0.473 e. The fourth-order valence-corrected chi connectivity index (χ4v) is 6.45. The van der Waals surface area contributed by atoms with E-state index in [0.29, 0.717) is 5.02 Å². The molecular formula is C31H30ClN3O5S. The van der Waals surface area contributed by atoms with E-state index in [1.165, 1.54) is 26.9 Å². The largest absolute Gasteiger partial charge is 0.473 e. The van der Waals surface area contributed by atoms with Crippen LogP contribution in [0, 0.1) is 0 Å². The average molecular weight is 592 g/mol. The van der Waals surface area contributed by atoms with Crippen molar-refractivity contribution in [2.45, 2.75) is 25.8 Å². The van der Waals surface area contributed by atoms with E-state index in [-0.39, 0.29) is 11.9 Å². The molecule has 1 saturated heterocycles. The Hall–Kier alpha value is -3.92. The number of aliphatic carboxylic acids is 2. The predicted octanol–water partition coefficient (Wildman–Crippen LogP) is 5.68. The zero-order valence-electron chi connectivity index (χ0n) is 22.5. The molecule has 0 radical (unpaired) electrons. The van der Waals surface area contributed by atoms with E-state index >= 15 is 0 Å². The van der Waals surface area contributed by atoms with E-state index in [2.05, 4.69) is 70.6 Å². The van der Waals surface area contributed by atoms with Gasteiger partial charge in [0.1, 0.15) is 0 Å². The van der Waals surface area contributed by atoms with Crippen molar-refractivity contribution >= 4 is 67.9 Å². The van der Waals surface area contributed by atoms with Gasteiger partial charge in [-0.15, -0.1) is 11.3 Å². The highest BCUT2D eigenvalue weighted by Gasteiger charge is 2.33. The van der Waals surface area contributed by atoms with Gasteiger partial charge in [-0.25, -0.2) is 9.59 Å². The van der Waals surface area contributed by atoms with E-state index < -0.39 is 11.9 Å². The Balaban J connectivity index is 0.000000511. The summed E-state index contributed by atoms with van der Waals surface area (Å²) in [6.07, 6.45) is 1.81. The summed E-state index contributed by atoms with van der Waals surface area (Å²) in [7, 11) is 0. The Labute approximate surface area is 247 Å². The standard InChI is InChI=1S/C29H28ClN3OS.C2H2O4/c1-20(31-14-16-32(17-15-31)26-7-4-8-28-24(26)13-18-35-28)29(34)33-25-6-3-2-5-21(25)9-10-22-11-12-23(30)19-27(22)33;3-1(4)2(5)6/h2-8,11-13,18-20H,9-10,14-17H2,1H3;(H,3,4)(H,5,6). The van der Waals surface area contributed by atoms with Crippen molar-refractivity contribution in [3.05, 3.63) is 88.3 Å². The van der Waals surface area contributed by atoms with Crippen LogP contribution in [0.15, 0.2) is 72.1 Å². The third-order valence-corrected chi connectivity index (χ3v) is 8.74. The summed E-state index contributed by atoms with van der Waals surface area (Å²) in [5.41, 5.74) is 5.57. The molecule has 8 nitrogen and oxygen atoms in total. The number of amides is 1. The number of carbonyl (C=O) groups is 3. The van der Waals surface area contributed by atoms with Gasteiger partial charge in [0.05, 0.1) is 17.4 Å². The highest BCUT2D eigenvalue weighted by Crippen LogP contribution is 2.38. The summed E-state index contributed by atoms with van der Waals surface area (Å²) >= 11 is 8.20. The Kier molecular flexibility index (Phi) is 8.58. The molecule has 0 saturated carbocycles. The Bertz CT molecular complexity index is 1590. The van der Waals surface area contributed by atoms with E-state index in [1.807, 2.05) is 23.1 Å². The van der Waals surface area contributed by atoms with Gasteiger partial charge >= 0.3 is 11.9 Å². The van der Waals surface area contributed by atoms with Crippen LogP contribution >= 0.6 is 22.9 Å². The second-order valence-electron chi connectivity index (χ2n) is 9.99. The van der Waals surface area contributed by atoms with Gasteiger partial charge in [-0.3, -0.25) is 14.6 Å². The Morgan fingerprint density at radius 2 is 1.46 bits per heavy atom. The number of nitrogens with zero attached hydrogens (tertiary/aromatic N) is 3. The van der Waals surface area contributed by atoms with Crippen molar-refractivity contribution in [3.63, 3.8) is 0 Å². The number of hydrogen-bond donors (Lipinski definition) is 2. The average Bonchev–Trinajstić information content (AvgIpc) is 3.40. The molecule has 41 heavy (non-hydrogen) atoms. The number of piperazine rings is 1. The van der Waals surface area contributed by atoms with Crippen LogP contribution in [0.25, 0.3) is 10.1 Å². The van der Waals surface area contributed by atoms with Crippen LogP contribution in [0.5, 0.6) is 0 Å². The van der Waals surface area contributed by atoms with Gasteiger partial charge in [0, 0.05) is 47.0 Å². The first-order valence-electron chi connectivity index (χ1n) is 13.4. The van der Waals surface area contributed by atoms with Gasteiger partial charge in [0.15, 0.2) is 0 Å². The number of hydrogen-bond acceptors (Lipinski definition) is 6. The third kappa shape index (κ3) is 6.07. The number of halogens is 1. The smallest absolute Gasteiger partial charge is 0.414 e. The van der Waals surface area contributed by atoms with Gasteiger partial charge in [-0.2, -0.15) is 0 Å². The van der Waals surface area contributed by atoms with Crippen LogP contribution in [0.3, 0.4) is 0 Å². The van der Waals surface area contributed by atoms with Crippen LogP contribution in [-0.4, -0.2) is 65.2 Å². The van der Waals surface area contributed by atoms with Crippen molar-refractivity contribution < 1.29 is 24.6 Å². The Morgan fingerprint density at radius 3 is 2.17 bits per heavy atom. The van der Waals surface area contributed by atoms with Crippen LogP contribution in [0.2, 0.25) is 5.02 Å². The molecule has 1 aromatic heterocycles. The maximum Gasteiger partial charge on any atom is 0.414 e. The Morgan fingerprint density at radius 1 is 0.805 bits per heavy atom. The monoisotopic (exact) mass is 591 g/mol. The van der Waals surface area contributed by atoms with E-state index in [0.717, 1.165) is 50.4 Å². The highest BCUT2D eigenvalue weighted by atomic mass is 35.5. The topological polar surface area (TPSA) is 101 Å². The van der Waals surface area contributed by atoms with Crippen molar-refractivity contribution in [2.75, 3.05) is 36.0 Å². The summed E-state index contributed by atoms with van der Waals surface area (Å²) in [4.78, 5) is 39.0. The molecule has 10 heteroatoms. The summed E-state index contributed by atoms with van der Waals surface area (Å²) < 4.78 is 1.32. The lowest BCUT2D eigenvalue weighted by molar-refractivity contribution is -0.159. The van der Waals surface area contributed by atoms with Crippen LogP contribution in [0.4, 0.5) is 17.1 Å². The number of thiophene rings is 1. The lowest BCUT2D eigenvalue weighted by atomic mass is 10.0. The van der Waals surface area contributed by atoms with Gasteiger partial charge in [0.2, 0.25) is 5.91 Å². The van der Waals surface area contributed by atoms with Crippen molar-refractivity contribution in [1.29, 1.82) is 0 Å². The number of carboxylic acid groups (broad SMARTS) is 2. The van der Waals surface area contributed by atoms with E-state index in [4.69, 9.17) is 31.4 Å². The molecule has 1 fully saturated rings. The van der Waals surface area contributed by atoms with Crippen LogP contribution in [0.1, 0.15) is 18.1 Å². The number of aryl methyl sites for hydroxylation is 2. The normalized spacial score (nSPS) is 15.7. The summed E-state index contributed by atoms with van der Waals surface area (Å²) in [6, 6.07) is 22.7. The summed E-state index contributed by atoms with van der Waals surface area (Å²) in [5.74, 6) is -3.54. The molecule has 3 aromatic carbocycles. The molecule has 1 amide bonds. The second-order valence-corrected chi connectivity index (χ2v) is 11.4. The first kappa shape index (κ1) is 28.6. The summed E-state index contributed by atoms with van der Waals surface area (Å²) in [6.45, 7) is 5.57. The molecule has 2 aliphatic heterocycles. The number of rotatable bonds is 3. The van der Waals surface area contributed by atoms with Crippen LogP contribution in [-0.2, 0) is 27.2 Å². The molecule has 2 aliphatic rings. The molecule has 3 heterocycles. The maximum atomic E-state index is 14.1. The van der Waals surface area contributed by atoms with Crippen LogP contribution < -0.4 is 9.80 Å². The quantitative estimate of drug-likeness (QED) is 0.295. The number of carboxylic acids is 2. The third-order valence-electron chi connectivity index (χ3n) is 7.62. The molecule has 6 rings (SSSR count). The minimum absolute atomic E-state index is 0.108. The first-order chi connectivity index (χ1) is 19.7. The van der Waals surface area contributed by atoms with Crippen molar-refractivity contribution in [1.82, 2.24) is 4.90 Å². The molecular weight excluding hydrogens is 562 g/mol. The van der Waals surface area contributed by atoms with E-state index in [1.54, 1.807) is 11.3 Å². The van der Waals surface area contributed by atoms with E-state index in [9.17, 15) is 4.79 Å².